The summed E-state index contributed by atoms with van der Waals surface area (Å²) in [6.45, 7) is 3.54. The van der Waals surface area contributed by atoms with Crippen LogP contribution in [0.3, 0.4) is 0 Å². The van der Waals surface area contributed by atoms with Crippen LogP contribution < -0.4 is 5.32 Å². The van der Waals surface area contributed by atoms with Gasteiger partial charge in [-0.1, -0.05) is 17.7 Å². The Balaban J connectivity index is 2.51. The molecule has 1 aromatic carbocycles. The number of rotatable bonds is 4. The summed E-state index contributed by atoms with van der Waals surface area (Å²) in [5, 5.41) is 2.09. The fourth-order valence-electron chi connectivity index (χ4n) is 1.43. The summed E-state index contributed by atoms with van der Waals surface area (Å²) in [4.78, 5) is 24.5. The average molecular weight is 269 g/mol. The number of halogens is 1. The van der Waals surface area contributed by atoms with E-state index in [1.807, 2.05) is 31.2 Å². The molecule has 18 heavy (non-hydrogen) atoms. The number of alkyl halides is 1. The maximum atomic E-state index is 11.7. The van der Waals surface area contributed by atoms with Crippen molar-refractivity contribution in [3.05, 3.63) is 29.8 Å². The Morgan fingerprint density at radius 1 is 1.33 bits per heavy atom. The van der Waals surface area contributed by atoms with E-state index in [1.54, 1.807) is 14.0 Å². The second-order valence-corrected chi connectivity index (χ2v) is 4.88. The monoisotopic (exact) mass is 268 g/mol. The number of amides is 2. The lowest BCUT2D eigenvalue weighted by Gasteiger charge is -2.17. The zero-order chi connectivity index (χ0) is 13.7. The van der Waals surface area contributed by atoms with E-state index in [9.17, 15) is 9.59 Å². The first-order valence-electron chi connectivity index (χ1n) is 5.65. The van der Waals surface area contributed by atoms with Crippen LogP contribution in [0.5, 0.6) is 0 Å². The van der Waals surface area contributed by atoms with Gasteiger partial charge in [0.25, 0.3) is 0 Å². The molecular weight excluding hydrogens is 252 g/mol. The fraction of sp³-hybridized carbons (Fsp3) is 0.385. The highest BCUT2D eigenvalue weighted by Crippen LogP contribution is 2.08. The van der Waals surface area contributed by atoms with Crippen LogP contribution in [0, 0.1) is 6.92 Å². The first-order valence-corrected chi connectivity index (χ1v) is 6.09. The van der Waals surface area contributed by atoms with Crippen molar-refractivity contribution in [2.75, 3.05) is 18.9 Å². The third-order valence-corrected chi connectivity index (χ3v) is 2.62. The summed E-state index contributed by atoms with van der Waals surface area (Å²) in [6.07, 6.45) is 0. The zero-order valence-corrected chi connectivity index (χ0v) is 11.5. The normalized spacial score (nSPS) is 11.8. The molecule has 0 aliphatic rings. The van der Waals surface area contributed by atoms with E-state index in [0.717, 1.165) is 5.56 Å². The summed E-state index contributed by atoms with van der Waals surface area (Å²) in [5.74, 6) is -0.511. The van der Waals surface area contributed by atoms with Gasteiger partial charge in [-0.05, 0) is 26.0 Å². The van der Waals surface area contributed by atoms with E-state index in [1.165, 1.54) is 4.90 Å². The molecule has 2 amide bonds. The highest BCUT2D eigenvalue weighted by atomic mass is 35.5. The van der Waals surface area contributed by atoms with E-state index >= 15 is 0 Å². The predicted octanol–water partition coefficient (Wildman–Crippen LogP) is 2.02. The van der Waals surface area contributed by atoms with Gasteiger partial charge in [0.15, 0.2) is 0 Å². The zero-order valence-electron chi connectivity index (χ0n) is 10.7. The van der Waals surface area contributed by atoms with E-state index < -0.39 is 5.38 Å². The van der Waals surface area contributed by atoms with Crippen molar-refractivity contribution in [2.24, 2.45) is 0 Å². The molecule has 0 fully saturated rings. The first-order chi connectivity index (χ1) is 8.40. The minimum Gasteiger partial charge on any atom is -0.335 e. The Hall–Kier alpha value is -1.55. The second kappa shape index (κ2) is 6.40. The van der Waals surface area contributed by atoms with Gasteiger partial charge in [0.1, 0.15) is 5.38 Å². The standard InChI is InChI=1S/C13H17ClN2O2/c1-9-4-6-11(7-5-9)15-12(17)8-16(3)13(18)10(2)14/h4-7,10H,8H2,1-3H3,(H,15,17). The van der Waals surface area contributed by atoms with Gasteiger partial charge in [-0.25, -0.2) is 0 Å². The van der Waals surface area contributed by atoms with E-state index in [0.29, 0.717) is 5.69 Å². The van der Waals surface area contributed by atoms with Crippen LogP contribution >= 0.6 is 11.6 Å². The predicted molar refractivity (Wildman–Crippen MR) is 72.8 cm³/mol. The Morgan fingerprint density at radius 2 is 1.89 bits per heavy atom. The van der Waals surface area contributed by atoms with Gasteiger partial charge < -0.3 is 10.2 Å². The van der Waals surface area contributed by atoms with Crippen LogP contribution in [-0.2, 0) is 9.59 Å². The van der Waals surface area contributed by atoms with Crippen LogP contribution in [0.4, 0.5) is 5.69 Å². The largest absolute Gasteiger partial charge is 0.335 e. The molecule has 1 atom stereocenters. The SMILES string of the molecule is Cc1ccc(NC(=O)CN(C)C(=O)C(C)Cl)cc1. The van der Waals surface area contributed by atoms with Gasteiger partial charge in [-0.2, -0.15) is 0 Å². The quantitative estimate of drug-likeness (QED) is 0.850. The van der Waals surface area contributed by atoms with E-state index in [-0.39, 0.29) is 18.4 Å². The fourth-order valence-corrected chi connectivity index (χ4v) is 1.60. The maximum Gasteiger partial charge on any atom is 0.243 e. The molecule has 1 unspecified atom stereocenters. The summed E-state index contributed by atoms with van der Waals surface area (Å²) < 4.78 is 0. The van der Waals surface area contributed by atoms with Gasteiger partial charge in [0.2, 0.25) is 11.8 Å². The highest BCUT2D eigenvalue weighted by Gasteiger charge is 2.17. The van der Waals surface area contributed by atoms with Crippen LogP contribution in [-0.4, -0.2) is 35.7 Å². The number of likely N-dealkylation sites (N-methyl/N-ethyl adjacent to an activating group) is 1. The van der Waals surface area contributed by atoms with Crippen molar-refractivity contribution in [3.63, 3.8) is 0 Å². The van der Waals surface area contributed by atoms with Crippen molar-refractivity contribution in [2.45, 2.75) is 19.2 Å². The third kappa shape index (κ3) is 4.37. The molecule has 1 rings (SSSR count). The lowest BCUT2D eigenvalue weighted by molar-refractivity contribution is -0.132. The molecule has 4 nitrogen and oxygen atoms in total. The molecule has 0 bridgehead atoms. The van der Waals surface area contributed by atoms with Gasteiger partial charge in [0.05, 0.1) is 6.54 Å². The lowest BCUT2D eigenvalue weighted by atomic mass is 10.2. The minimum absolute atomic E-state index is 0.0101. The van der Waals surface area contributed by atoms with Crippen LogP contribution in [0.25, 0.3) is 0 Å². The minimum atomic E-state index is -0.623. The van der Waals surface area contributed by atoms with Crippen molar-refractivity contribution in [1.82, 2.24) is 4.90 Å². The number of benzene rings is 1. The number of hydrogen-bond acceptors (Lipinski definition) is 2. The molecule has 5 heteroatoms. The Kier molecular flexibility index (Phi) is 5.16. The molecular formula is C13H17ClN2O2. The maximum absolute atomic E-state index is 11.7. The summed E-state index contributed by atoms with van der Waals surface area (Å²) >= 11 is 5.66. The van der Waals surface area contributed by atoms with E-state index in [4.69, 9.17) is 11.6 Å². The molecule has 98 valence electrons. The van der Waals surface area contributed by atoms with Gasteiger partial charge in [0, 0.05) is 12.7 Å². The second-order valence-electron chi connectivity index (χ2n) is 4.22. The molecule has 0 spiro atoms. The Bertz CT molecular complexity index is 429. The molecule has 0 saturated carbocycles. The molecule has 0 saturated heterocycles. The number of carbonyl (C=O) groups excluding carboxylic acids is 2. The molecule has 0 aromatic heterocycles. The first kappa shape index (κ1) is 14.5. The number of nitrogens with zero attached hydrogens (tertiary/aromatic N) is 1. The average Bonchev–Trinajstić information content (AvgIpc) is 2.30. The molecule has 0 heterocycles. The topological polar surface area (TPSA) is 49.4 Å². The van der Waals surface area contributed by atoms with Crippen molar-refractivity contribution >= 4 is 29.1 Å². The van der Waals surface area contributed by atoms with Gasteiger partial charge in [-0.15, -0.1) is 11.6 Å². The molecule has 1 aromatic rings. The van der Waals surface area contributed by atoms with Gasteiger partial charge in [-0.3, -0.25) is 9.59 Å². The summed E-state index contributed by atoms with van der Waals surface area (Å²) in [5.41, 5.74) is 1.83. The smallest absolute Gasteiger partial charge is 0.243 e. The number of anilines is 1. The van der Waals surface area contributed by atoms with Crippen molar-refractivity contribution in [1.29, 1.82) is 0 Å². The number of nitrogens with one attached hydrogen (secondary N) is 1. The third-order valence-electron chi connectivity index (χ3n) is 2.43. The summed E-state index contributed by atoms with van der Waals surface area (Å²) in [6, 6.07) is 7.45. The van der Waals surface area contributed by atoms with Gasteiger partial charge >= 0.3 is 0 Å². The molecule has 0 aliphatic heterocycles. The number of hydrogen-bond donors (Lipinski definition) is 1. The van der Waals surface area contributed by atoms with Crippen molar-refractivity contribution in [3.8, 4) is 0 Å². The molecule has 0 radical (unpaired) electrons. The highest BCUT2D eigenvalue weighted by molar-refractivity contribution is 6.30. The number of carbonyl (C=O) groups is 2. The van der Waals surface area contributed by atoms with Crippen LogP contribution in [0.15, 0.2) is 24.3 Å². The molecule has 1 N–H and O–H groups in total. The van der Waals surface area contributed by atoms with Crippen LogP contribution in [0.1, 0.15) is 12.5 Å². The van der Waals surface area contributed by atoms with Crippen LogP contribution in [0.2, 0.25) is 0 Å². The number of aryl methyl sites for hydroxylation is 1. The van der Waals surface area contributed by atoms with Crippen molar-refractivity contribution < 1.29 is 9.59 Å². The van der Waals surface area contributed by atoms with E-state index in [2.05, 4.69) is 5.32 Å². The Morgan fingerprint density at radius 3 is 2.39 bits per heavy atom. The summed E-state index contributed by atoms with van der Waals surface area (Å²) in [7, 11) is 1.55. The molecule has 0 aliphatic carbocycles. The Labute approximate surface area is 112 Å². The lowest BCUT2D eigenvalue weighted by Crippen LogP contribution is -2.38.